The topological polar surface area (TPSA) is 113 Å². The molecule has 0 atom stereocenters. The molecule has 0 unspecified atom stereocenters. The lowest BCUT2D eigenvalue weighted by Gasteiger charge is -2.02. The zero-order chi connectivity index (χ0) is 19.5. The Balaban J connectivity index is 1.40. The second kappa shape index (κ2) is 7.28. The first-order chi connectivity index (χ1) is 13.6. The molecule has 28 heavy (non-hydrogen) atoms. The Morgan fingerprint density at radius 2 is 1.71 bits per heavy atom. The van der Waals surface area contributed by atoms with E-state index in [1.165, 1.54) is 18.3 Å². The molecule has 8 heteroatoms. The molecule has 0 fully saturated rings. The molecule has 0 aliphatic carbocycles. The number of furan rings is 1. The number of carboxylic acid groups (broad SMARTS) is 1. The number of hydrogen-bond acceptors (Lipinski definition) is 7. The van der Waals surface area contributed by atoms with Crippen molar-refractivity contribution in [1.29, 1.82) is 0 Å². The number of hydrazone groups is 1. The zero-order valence-corrected chi connectivity index (χ0v) is 14.4. The normalized spacial score (nSPS) is 12.3. The van der Waals surface area contributed by atoms with Gasteiger partial charge in [-0.15, -0.1) is 0 Å². The first-order valence-electron chi connectivity index (χ1n) is 8.25. The minimum absolute atomic E-state index is 0.0864. The number of nitrogens with one attached hydrogen (secondary N) is 1. The number of aromatic carboxylic acids is 1. The quantitative estimate of drug-likeness (QED) is 0.536. The van der Waals surface area contributed by atoms with Crippen molar-refractivity contribution in [1.82, 2.24) is 5.43 Å². The average molecular weight is 377 g/mol. The first kappa shape index (κ1) is 17.3. The number of rotatable bonds is 5. The molecule has 1 aliphatic rings. The minimum atomic E-state index is -1.24. The van der Waals surface area contributed by atoms with Crippen LogP contribution in [0.2, 0.25) is 0 Å². The molecule has 1 aromatic heterocycles. The van der Waals surface area contributed by atoms with E-state index in [9.17, 15) is 14.7 Å². The first-order valence-corrected chi connectivity index (χ1v) is 8.25. The molecule has 1 amide bonds. The standard InChI is InChI=1S/C20H14N2O6/c23-19(14-5-7-17-18(9-14)27-11-26-17)22-21-10-15-6-8-16(28-15)12-1-3-13(4-2-12)20(24)25/h1-10H,11H2,(H,22,23)(H,24,25)/p-1/b21-10-. The summed E-state index contributed by atoms with van der Waals surface area (Å²) in [6.07, 6.45) is 1.36. The van der Waals surface area contributed by atoms with Gasteiger partial charge in [-0.05, 0) is 35.9 Å². The fraction of sp³-hybridized carbons (Fsp3) is 0.0500. The van der Waals surface area contributed by atoms with Crippen LogP contribution in [0.5, 0.6) is 11.5 Å². The van der Waals surface area contributed by atoms with Crippen LogP contribution in [0.15, 0.2) is 64.1 Å². The molecule has 4 rings (SSSR count). The molecule has 8 nitrogen and oxygen atoms in total. The number of hydrogen-bond donors (Lipinski definition) is 1. The summed E-state index contributed by atoms with van der Waals surface area (Å²) >= 11 is 0. The number of carbonyl (C=O) groups excluding carboxylic acids is 2. The van der Waals surface area contributed by atoms with E-state index in [1.54, 1.807) is 42.5 Å². The van der Waals surface area contributed by atoms with Crippen molar-refractivity contribution in [3.8, 4) is 22.8 Å². The van der Waals surface area contributed by atoms with Crippen molar-refractivity contribution < 1.29 is 28.6 Å². The van der Waals surface area contributed by atoms with Gasteiger partial charge < -0.3 is 23.8 Å². The lowest BCUT2D eigenvalue weighted by Crippen LogP contribution is -2.21. The van der Waals surface area contributed by atoms with Crippen LogP contribution in [0.1, 0.15) is 26.5 Å². The van der Waals surface area contributed by atoms with Crippen molar-refractivity contribution in [3.63, 3.8) is 0 Å². The maximum Gasteiger partial charge on any atom is 0.271 e. The van der Waals surface area contributed by atoms with Crippen LogP contribution in [0.3, 0.4) is 0 Å². The second-order valence-corrected chi connectivity index (χ2v) is 5.83. The van der Waals surface area contributed by atoms with Crippen LogP contribution < -0.4 is 20.0 Å². The third-order valence-corrected chi connectivity index (χ3v) is 4.02. The van der Waals surface area contributed by atoms with Gasteiger partial charge in [0.05, 0.1) is 12.2 Å². The van der Waals surface area contributed by atoms with Gasteiger partial charge in [0.1, 0.15) is 11.5 Å². The van der Waals surface area contributed by atoms with E-state index >= 15 is 0 Å². The second-order valence-electron chi connectivity index (χ2n) is 5.83. The Morgan fingerprint density at radius 1 is 0.964 bits per heavy atom. The Morgan fingerprint density at radius 3 is 2.50 bits per heavy atom. The maximum absolute atomic E-state index is 12.1. The van der Waals surface area contributed by atoms with Gasteiger partial charge in [-0.1, -0.05) is 24.3 Å². The number of nitrogens with zero attached hydrogens (tertiary/aromatic N) is 1. The van der Waals surface area contributed by atoms with Crippen LogP contribution in [0.25, 0.3) is 11.3 Å². The van der Waals surface area contributed by atoms with Crippen LogP contribution in [-0.2, 0) is 0 Å². The summed E-state index contributed by atoms with van der Waals surface area (Å²) in [4.78, 5) is 22.9. The molecule has 140 valence electrons. The van der Waals surface area contributed by atoms with Gasteiger partial charge in [0, 0.05) is 11.1 Å². The molecule has 1 N–H and O–H groups in total. The highest BCUT2D eigenvalue weighted by Gasteiger charge is 2.15. The molecule has 0 saturated carbocycles. The van der Waals surface area contributed by atoms with Gasteiger partial charge in [-0.3, -0.25) is 4.79 Å². The van der Waals surface area contributed by atoms with Crippen molar-refractivity contribution in [2.24, 2.45) is 5.10 Å². The zero-order valence-electron chi connectivity index (χ0n) is 14.4. The average Bonchev–Trinajstić information content (AvgIpc) is 3.36. The molecular weight excluding hydrogens is 364 g/mol. The molecule has 3 aromatic rings. The number of fused-ring (bicyclic) bond motifs is 1. The fourth-order valence-electron chi connectivity index (χ4n) is 2.60. The van der Waals surface area contributed by atoms with Crippen molar-refractivity contribution in [3.05, 3.63) is 71.5 Å². The highest BCUT2D eigenvalue weighted by Crippen LogP contribution is 2.32. The van der Waals surface area contributed by atoms with Crippen molar-refractivity contribution in [2.75, 3.05) is 6.79 Å². The van der Waals surface area contributed by atoms with Crippen LogP contribution in [0, 0.1) is 0 Å². The Hall–Kier alpha value is -4.07. The van der Waals surface area contributed by atoms with E-state index < -0.39 is 11.9 Å². The molecule has 1 aliphatic heterocycles. The number of amides is 1. The van der Waals surface area contributed by atoms with Crippen LogP contribution in [-0.4, -0.2) is 24.9 Å². The number of ether oxygens (including phenoxy) is 2. The predicted octanol–water partition coefficient (Wildman–Crippen LogP) is 1.80. The van der Waals surface area contributed by atoms with E-state index in [-0.39, 0.29) is 12.4 Å². The molecular formula is C20H13N2O6-. The lowest BCUT2D eigenvalue weighted by atomic mass is 10.1. The molecule has 2 aromatic carbocycles. The number of carbonyl (C=O) groups is 2. The summed E-state index contributed by atoms with van der Waals surface area (Å²) in [6, 6.07) is 14.4. The fourth-order valence-corrected chi connectivity index (χ4v) is 2.60. The van der Waals surface area contributed by atoms with Gasteiger partial charge in [0.2, 0.25) is 6.79 Å². The summed E-state index contributed by atoms with van der Waals surface area (Å²) < 4.78 is 16.1. The third kappa shape index (κ3) is 3.56. The molecule has 0 saturated heterocycles. The van der Waals surface area contributed by atoms with E-state index in [1.807, 2.05) is 0 Å². The number of benzene rings is 2. The van der Waals surface area contributed by atoms with Gasteiger partial charge in [0.25, 0.3) is 5.91 Å². The van der Waals surface area contributed by atoms with Gasteiger partial charge in [0.15, 0.2) is 11.5 Å². The Bertz CT molecular complexity index is 1070. The highest BCUT2D eigenvalue weighted by molar-refractivity contribution is 5.95. The third-order valence-electron chi connectivity index (χ3n) is 4.02. The summed E-state index contributed by atoms with van der Waals surface area (Å²) in [5.41, 5.74) is 3.58. The molecule has 0 bridgehead atoms. The SMILES string of the molecule is O=C([O-])c1ccc(-c2ccc(/C=N\NC(=O)c3ccc4c(c3)OCO4)o2)cc1. The van der Waals surface area contributed by atoms with Gasteiger partial charge in [-0.25, -0.2) is 5.43 Å². The van der Waals surface area contributed by atoms with Crippen molar-refractivity contribution in [2.45, 2.75) is 0 Å². The van der Waals surface area contributed by atoms with Crippen molar-refractivity contribution >= 4 is 18.1 Å². The summed E-state index contributed by atoms with van der Waals surface area (Å²) in [7, 11) is 0. The molecule has 2 heterocycles. The number of carboxylic acids is 1. The van der Waals surface area contributed by atoms with E-state index in [2.05, 4.69) is 10.5 Å². The summed E-state index contributed by atoms with van der Waals surface area (Å²) in [5.74, 6) is 0.419. The van der Waals surface area contributed by atoms with E-state index in [0.717, 1.165) is 0 Å². The predicted molar refractivity (Wildman–Crippen MR) is 96.1 cm³/mol. The monoisotopic (exact) mass is 377 g/mol. The van der Waals surface area contributed by atoms with Crippen LogP contribution in [0.4, 0.5) is 0 Å². The Kier molecular flexibility index (Phi) is 4.51. The van der Waals surface area contributed by atoms with Crippen LogP contribution >= 0.6 is 0 Å². The van der Waals surface area contributed by atoms with E-state index in [0.29, 0.717) is 34.1 Å². The molecule has 0 radical (unpaired) electrons. The largest absolute Gasteiger partial charge is 0.545 e. The highest BCUT2D eigenvalue weighted by atomic mass is 16.7. The van der Waals surface area contributed by atoms with E-state index in [4.69, 9.17) is 13.9 Å². The smallest absolute Gasteiger partial charge is 0.271 e. The lowest BCUT2D eigenvalue weighted by molar-refractivity contribution is -0.255. The molecule has 0 spiro atoms. The van der Waals surface area contributed by atoms with Gasteiger partial charge in [-0.2, -0.15) is 5.10 Å². The Labute approximate surface area is 159 Å². The van der Waals surface area contributed by atoms with Gasteiger partial charge >= 0.3 is 0 Å². The minimum Gasteiger partial charge on any atom is -0.545 e. The maximum atomic E-state index is 12.1. The summed E-state index contributed by atoms with van der Waals surface area (Å²) in [5, 5.41) is 14.7. The summed E-state index contributed by atoms with van der Waals surface area (Å²) in [6.45, 7) is 0.134.